The van der Waals surface area contributed by atoms with E-state index >= 15 is 0 Å². The third-order valence-corrected chi connectivity index (χ3v) is 2.83. The summed E-state index contributed by atoms with van der Waals surface area (Å²) in [5.74, 6) is 1.77. The maximum absolute atomic E-state index is 5.50. The molecular formula is C11H15ClN2O2. The van der Waals surface area contributed by atoms with E-state index < -0.39 is 0 Å². The lowest BCUT2D eigenvalue weighted by Gasteiger charge is -2.29. The number of para-hydroxylation sites is 1. The molecule has 2 aliphatic rings. The first kappa shape index (κ1) is 11.4. The number of halogens is 1. The molecule has 1 aromatic rings. The van der Waals surface area contributed by atoms with Gasteiger partial charge in [-0.1, -0.05) is 6.07 Å². The second-order valence-electron chi connectivity index (χ2n) is 3.75. The fourth-order valence-electron chi connectivity index (χ4n) is 2.07. The van der Waals surface area contributed by atoms with E-state index in [0.29, 0.717) is 6.79 Å². The average Bonchev–Trinajstić information content (AvgIpc) is 2.78. The number of piperazine rings is 1. The molecular weight excluding hydrogens is 228 g/mol. The fourth-order valence-corrected chi connectivity index (χ4v) is 2.07. The fraction of sp³-hybridized carbons (Fsp3) is 0.455. The summed E-state index contributed by atoms with van der Waals surface area (Å²) in [7, 11) is 0. The SMILES string of the molecule is Cl.c1cc2c(c(N3CCNCC3)c1)OCO2. The molecule has 1 N–H and O–H groups in total. The molecule has 88 valence electrons. The normalized spacial score (nSPS) is 18.1. The van der Waals surface area contributed by atoms with Crippen LogP contribution in [0, 0.1) is 0 Å². The van der Waals surface area contributed by atoms with Crippen molar-refractivity contribution in [3.8, 4) is 11.5 Å². The summed E-state index contributed by atoms with van der Waals surface area (Å²) in [5, 5.41) is 3.34. The minimum atomic E-state index is 0. The summed E-state index contributed by atoms with van der Waals surface area (Å²) in [5.41, 5.74) is 1.16. The van der Waals surface area contributed by atoms with Crippen molar-refractivity contribution in [2.45, 2.75) is 0 Å². The van der Waals surface area contributed by atoms with Gasteiger partial charge in [0.2, 0.25) is 6.79 Å². The quantitative estimate of drug-likeness (QED) is 0.804. The van der Waals surface area contributed by atoms with Crippen LogP contribution >= 0.6 is 12.4 Å². The summed E-state index contributed by atoms with van der Waals surface area (Å²) in [4.78, 5) is 2.34. The molecule has 0 saturated carbocycles. The Hall–Kier alpha value is -1.13. The summed E-state index contributed by atoms with van der Waals surface area (Å²) >= 11 is 0. The molecule has 2 aliphatic heterocycles. The van der Waals surface area contributed by atoms with Crippen LogP contribution in [0.2, 0.25) is 0 Å². The van der Waals surface area contributed by atoms with Crippen LogP contribution in [0.1, 0.15) is 0 Å². The monoisotopic (exact) mass is 242 g/mol. The molecule has 3 rings (SSSR count). The molecule has 0 amide bonds. The van der Waals surface area contributed by atoms with E-state index in [1.165, 1.54) is 0 Å². The predicted octanol–water partition coefficient (Wildman–Crippen LogP) is 1.25. The summed E-state index contributed by atoms with van der Waals surface area (Å²) in [6.07, 6.45) is 0. The number of nitrogens with zero attached hydrogens (tertiary/aromatic N) is 1. The Bertz CT molecular complexity index is 367. The molecule has 1 aromatic carbocycles. The topological polar surface area (TPSA) is 33.7 Å². The van der Waals surface area contributed by atoms with Crippen molar-refractivity contribution in [1.29, 1.82) is 0 Å². The molecule has 0 radical (unpaired) electrons. The molecule has 0 unspecified atom stereocenters. The van der Waals surface area contributed by atoms with Gasteiger partial charge in [0.05, 0.1) is 5.69 Å². The number of anilines is 1. The van der Waals surface area contributed by atoms with Crippen LogP contribution < -0.4 is 19.7 Å². The summed E-state index contributed by atoms with van der Waals surface area (Å²) in [6, 6.07) is 6.07. The largest absolute Gasteiger partial charge is 0.454 e. The van der Waals surface area contributed by atoms with Gasteiger partial charge in [-0.2, -0.15) is 0 Å². The highest BCUT2D eigenvalue weighted by Crippen LogP contribution is 2.40. The first-order valence-corrected chi connectivity index (χ1v) is 5.29. The van der Waals surface area contributed by atoms with E-state index in [1.54, 1.807) is 0 Å². The molecule has 2 heterocycles. The number of benzene rings is 1. The first-order valence-electron chi connectivity index (χ1n) is 5.29. The van der Waals surface area contributed by atoms with Gasteiger partial charge < -0.3 is 19.7 Å². The number of ether oxygens (including phenoxy) is 2. The van der Waals surface area contributed by atoms with Gasteiger partial charge in [-0.15, -0.1) is 12.4 Å². The molecule has 0 spiro atoms. The number of fused-ring (bicyclic) bond motifs is 1. The Morgan fingerprint density at radius 1 is 1.12 bits per heavy atom. The predicted molar refractivity (Wildman–Crippen MR) is 64.9 cm³/mol. The molecule has 4 nitrogen and oxygen atoms in total. The lowest BCUT2D eigenvalue weighted by atomic mass is 10.2. The van der Waals surface area contributed by atoms with E-state index in [9.17, 15) is 0 Å². The standard InChI is InChI=1S/C11H14N2O2.ClH/c1-2-9(13-6-4-12-5-7-13)11-10(3-1)14-8-15-11;/h1-3,12H,4-8H2;1H. The van der Waals surface area contributed by atoms with Crippen LogP contribution in [-0.4, -0.2) is 33.0 Å². The number of nitrogens with one attached hydrogen (secondary N) is 1. The van der Waals surface area contributed by atoms with Crippen LogP contribution in [0.15, 0.2) is 18.2 Å². The zero-order valence-corrected chi connectivity index (χ0v) is 9.76. The molecule has 1 fully saturated rings. The van der Waals surface area contributed by atoms with Gasteiger partial charge in [-0.05, 0) is 12.1 Å². The van der Waals surface area contributed by atoms with Crippen molar-refractivity contribution in [3.05, 3.63) is 18.2 Å². The molecule has 0 aromatic heterocycles. The van der Waals surface area contributed by atoms with Crippen LogP contribution in [0.25, 0.3) is 0 Å². The van der Waals surface area contributed by atoms with Crippen molar-refractivity contribution < 1.29 is 9.47 Å². The highest BCUT2D eigenvalue weighted by Gasteiger charge is 2.21. The Morgan fingerprint density at radius 3 is 2.75 bits per heavy atom. The Labute approximate surface area is 101 Å². The van der Waals surface area contributed by atoms with Gasteiger partial charge in [-0.3, -0.25) is 0 Å². The molecule has 5 heteroatoms. The maximum Gasteiger partial charge on any atom is 0.231 e. The van der Waals surface area contributed by atoms with Gasteiger partial charge in [0.25, 0.3) is 0 Å². The van der Waals surface area contributed by atoms with E-state index in [-0.39, 0.29) is 12.4 Å². The van der Waals surface area contributed by atoms with Crippen molar-refractivity contribution >= 4 is 18.1 Å². The van der Waals surface area contributed by atoms with Crippen LogP contribution in [0.5, 0.6) is 11.5 Å². The lowest BCUT2D eigenvalue weighted by Crippen LogP contribution is -2.43. The van der Waals surface area contributed by atoms with E-state index in [4.69, 9.17) is 9.47 Å². The second kappa shape index (κ2) is 4.80. The zero-order chi connectivity index (χ0) is 10.1. The molecule has 0 atom stereocenters. The van der Waals surface area contributed by atoms with Crippen molar-refractivity contribution in [2.24, 2.45) is 0 Å². The number of hydrogen-bond donors (Lipinski definition) is 1. The van der Waals surface area contributed by atoms with E-state index in [0.717, 1.165) is 43.4 Å². The van der Waals surface area contributed by atoms with Crippen LogP contribution in [0.3, 0.4) is 0 Å². The van der Waals surface area contributed by atoms with Gasteiger partial charge in [0.1, 0.15) is 0 Å². The van der Waals surface area contributed by atoms with Crippen molar-refractivity contribution in [3.63, 3.8) is 0 Å². The molecule has 0 aliphatic carbocycles. The Kier molecular flexibility index (Phi) is 3.41. The minimum absolute atomic E-state index is 0. The van der Waals surface area contributed by atoms with Crippen molar-refractivity contribution in [1.82, 2.24) is 5.32 Å². The van der Waals surface area contributed by atoms with Crippen LogP contribution in [0.4, 0.5) is 5.69 Å². The van der Waals surface area contributed by atoms with Gasteiger partial charge in [0.15, 0.2) is 11.5 Å². The van der Waals surface area contributed by atoms with Gasteiger partial charge >= 0.3 is 0 Å². The lowest BCUT2D eigenvalue weighted by molar-refractivity contribution is 0.174. The summed E-state index contributed by atoms with van der Waals surface area (Å²) < 4.78 is 10.9. The van der Waals surface area contributed by atoms with Gasteiger partial charge in [-0.25, -0.2) is 0 Å². The van der Waals surface area contributed by atoms with E-state index in [1.807, 2.05) is 12.1 Å². The second-order valence-corrected chi connectivity index (χ2v) is 3.75. The highest BCUT2D eigenvalue weighted by atomic mass is 35.5. The Morgan fingerprint density at radius 2 is 1.94 bits per heavy atom. The van der Waals surface area contributed by atoms with Gasteiger partial charge in [0, 0.05) is 26.2 Å². The average molecular weight is 243 g/mol. The molecule has 0 bridgehead atoms. The van der Waals surface area contributed by atoms with E-state index in [2.05, 4.69) is 16.3 Å². The molecule has 16 heavy (non-hydrogen) atoms. The maximum atomic E-state index is 5.50. The Balaban J connectivity index is 0.000000963. The summed E-state index contributed by atoms with van der Waals surface area (Å²) in [6.45, 7) is 4.47. The minimum Gasteiger partial charge on any atom is -0.454 e. The third kappa shape index (κ3) is 1.90. The zero-order valence-electron chi connectivity index (χ0n) is 8.94. The number of rotatable bonds is 1. The molecule has 1 saturated heterocycles. The number of hydrogen-bond acceptors (Lipinski definition) is 4. The first-order chi connectivity index (χ1) is 7.45. The van der Waals surface area contributed by atoms with Crippen molar-refractivity contribution in [2.75, 3.05) is 37.9 Å². The highest BCUT2D eigenvalue weighted by molar-refractivity contribution is 5.85. The third-order valence-electron chi connectivity index (χ3n) is 2.83. The van der Waals surface area contributed by atoms with Crippen LogP contribution in [-0.2, 0) is 0 Å². The smallest absolute Gasteiger partial charge is 0.231 e.